The second-order valence-electron chi connectivity index (χ2n) is 2.56. The van der Waals surface area contributed by atoms with Crippen LogP contribution in [0.4, 0.5) is 0 Å². The van der Waals surface area contributed by atoms with Crippen molar-refractivity contribution in [1.29, 1.82) is 0 Å². The molecule has 0 bridgehead atoms. The van der Waals surface area contributed by atoms with E-state index < -0.39 is 11.6 Å². The molecule has 3 heteroatoms. The summed E-state index contributed by atoms with van der Waals surface area (Å²) in [5.41, 5.74) is 0. The van der Waals surface area contributed by atoms with E-state index in [1.54, 1.807) is 0 Å². The minimum atomic E-state index is -0.617. The van der Waals surface area contributed by atoms with Crippen molar-refractivity contribution < 1.29 is 14.7 Å². The van der Waals surface area contributed by atoms with Crippen LogP contribution in [0, 0.1) is 0 Å². The SMILES string of the molecule is CCCCCC(=O)C(=O)/C=C\O. The lowest BCUT2D eigenvalue weighted by atomic mass is 10.1. The Morgan fingerprint density at radius 1 is 1.33 bits per heavy atom. The molecule has 0 aromatic heterocycles. The van der Waals surface area contributed by atoms with Crippen LogP contribution < -0.4 is 0 Å². The van der Waals surface area contributed by atoms with Crippen LogP contribution in [0.25, 0.3) is 0 Å². The fraction of sp³-hybridized carbons (Fsp3) is 0.556. The summed E-state index contributed by atoms with van der Waals surface area (Å²) in [5, 5.41) is 8.20. The van der Waals surface area contributed by atoms with Gasteiger partial charge in [0.15, 0.2) is 0 Å². The zero-order chi connectivity index (χ0) is 9.40. The van der Waals surface area contributed by atoms with Crippen molar-refractivity contribution in [3.05, 3.63) is 12.3 Å². The van der Waals surface area contributed by atoms with Gasteiger partial charge in [-0.15, -0.1) is 0 Å². The maximum absolute atomic E-state index is 10.9. The smallest absolute Gasteiger partial charge is 0.224 e. The average Bonchev–Trinajstić information content (AvgIpc) is 2.05. The molecule has 0 spiro atoms. The molecule has 0 aromatic carbocycles. The second kappa shape index (κ2) is 6.58. The minimum Gasteiger partial charge on any atom is -0.515 e. The largest absolute Gasteiger partial charge is 0.515 e. The highest BCUT2D eigenvalue weighted by molar-refractivity contribution is 6.41. The number of allylic oxidation sites excluding steroid dienone is 1. The Morgan fingerprint density at radius 2 is 2.00 bits per heavy atom. The van der Waals surface area contributed by atoms with Gasteiger partial charge < -0.3 is 5.11 Å². The fourth-order valence-corrected chi connectivity index (χ4v) is 0.819. The second-order valence-corrected chi connectivity index (χ2v) is 2.56. The summed E-state index contributed by atoms with van der Waals surface area (Å²) in [7, 11) is 0. The predicted molar refractivity (Wildman–Crippen MR) is 45.9 cm³/mol. The van der Waals surface area contributed by atoms with Crippen molar-refractivity contribution >= 4 is 11.6 Å². The number of unbranched alkanes of at least 4 members (excludes halogenated alkanes) is 2. The summed E-state index contributed by atoms with van der Waals surface area (Å²) in [6.45, 7) is 2.03. The molecule has 68 valence electrons. The molecule has 1 N–H and O–H groups in total. The van der Waals surface area contributed by atoms with Gasteiger partial charge in [0.2, 0.25) is 11.6 Å². The minimum absolute atomic E-state index is 0.289. The molecule has 0 saturated heterocycles. The van der Waals surface area contributed by atoms with Crippen LogP contribution in [0.5, 0.6) is 0 Å². The summed E-state index contributed by atoms with van der Waals surface area (Å²) in [6.07, 6.45) is 4.50. The first-order valence-corrected chi connectivity index (χ1v) is 4.10. The lowest BCUT2D eigenvalue weighted by Crippen LogP contribution is -2.10. The molecule has 0 amide bonds. The van der Waals surface area contributed by atoms with Gasteiger partial charge in [0.25, 0.3) is 0 Å². The summed E-state index contributed by atoms with van der Waals surface area (Å²) >= 11 is 0. The number of Topliss-reactive ketones (excluding diaryl/α,β-unsaturated/α-hetero) is 1. The summed E-state index contributed by atoms with van der Waals surface area (Å²) in [5.74, 6) is -1.04. The molecule has 0 fully saturated rings. The summed E-state index contributed by atoms with van der Waals surface area (Å²) < 4.78 is 0. The van der Waals surface area contributed by atoms with Crippen LogP contribution in [0.3, 0.4) is 0 Å². The number of aliphatic hydroxyl groups is 1. The third-order valence-corrected chi connectivity index (χ3v) is 1.51. The van der Waals surface area contributed by atoms with Crippen LogP contribution in [0.15, 0.2) is 12.3 Å². The van der Waals surface area contributed by atoms with Crippen molar-refractivity contribution in [2.24, 2.45) is 0 Å². The third kappa shape index (κ3) is 4.66. The highest BCUT2D eigenvalue weighted by atomic mass is 16.2. The lowest BCUT2D eigenvalue weighted by molar-refractivity contribution is -0.133. The molecule has 0 unspecified atom stereocenters. The van der Waals surface area contributed by atoms with Crippen LogP contribution in [0.1, 0.15) is 32.6 Å². The Labute approximate surface area is 72.1 Å². The molecule has 0 aliphatic heterocycles. The maximum Gasteiger partial charge on any atom is 0.224 e. The summed E-state index contributed by atoms with van der Waals surface area (Å²) in [4.78, 5) is 21.6. The number of hydrogen-bond donors (Lipinski definition) is 1. The van der Waals surface area contributed by atoms with Crippen LogP contribution in [0.2, 0.25) is 0 Å². The van der Waals surface area contributed by atoms with Gasteiger partial charge in [-0.2, -0.15) is 0 Å². The molecule has 0 radical (unpaired) electrons. The first-order valence-electron chi connectivity index (χ1n) is 4.10. The van der Waals surface area contributed by atoms with Gasteiger partial charge in [-0.3, -0.25) is 9.59 Å². The number of carbonyl (C=O) groups is 2. The van der Waals surface area contributed by atoms with E-state index in [2.05, 4.69) is 0 Å². The number of aliphatic hydroxyl groups excluding tert-OH is 1. The zero-order valence-electron chi connectivity index (χ0n) is 7.25. The van der Waals surface area contributed by atoms with Gasteiger partial charge in [-0.25, -0.2) is 0 Å². The van der Waals surface area contributed by atoms with Crippen molar-refractivity contribution in [1.82, 2.24) is 0 Å². The quantitative estimate of drug-likeness (QED) is 0.286. The molecular weight excluding hydrogens is 156 g/mol. The number of rotatable bonds is 6. The summed E-state index contributed by atoms with van der Waals surface area (Å²) in [6, 6.07) is 0. The number of carbonyl (C=O) groups excluding carboxylic acids is 2. The van der Waals surface area contributed by atoms with Gasteiger partial charge in [0, 0.05) is 12.5 Å². The molecule has 0 aliphatic rings. The Kier molecular flexibility index (Phi) is 5.97. The normalized spacial score (nSPS) is 10.4. The number of ketones is 2. The van der Waals surface area contributed by atoms with Gasteiger partial charge in [0.1, 0.15) is 0 Å². The standard InChI is InChI=1S/C9H14O3/c1-2-3-4-5-8(11)9(12)6-7-10/h6-7,10H,2-5H2,1H3/b7-6-. The Balaban J connectivity index is 3.65. The molecule has 0 saturated carbocycles. The van der Waals surface area contributed by atoms with Crippen LogP contribution in [-0.2, 0) is 9.59 Å². The third-order valence-electron chi connectivity index (χ3n) is 1.51. The van der Waals surface area contributed by atoms with E-state index >= 15 is 0 Å². The highest BCUT2D eigenvalue weighted by Gasteiger charge is 2.08. The first-order chi connectivity index (χ1) is 5.72. The molecule has 3 nitrogen and oxygen atoms in total. The van der Waals surface area contributed by atoms with Crippen molar-refractivity contribution in [2.45, 2.75) is 32.6 Å². The van der Waals surface area contributed by atoms with E-state index in [1.807, 2.05) is 6.92 Å². The van der Waals surface area contributed by atoms with Crippen LogP contribution >= 0.6 is 0 Å². The van der Waals surface area contributed by atoms with E-state index in [4.69, 9.17) is 5.11 Å². The van der Waals surface area contributed by atoms with Crippen molar-refractivity contribution in [2.75, 3.05) is 0 Å². The van der Waals surface area contributed by atoms with E-state index in [1.165, 1.54) is 0 Å². The lowest BCUT2D eigenvalue weighted by Gasteiger charge is -1.94. The van der Waals surface area contributed by atoms with Crippen molar-refractivity contribution in [3.8, 4) is 0 Å². The molecule has 0 aliphatic carbocycles. The van der Waals surface area contributed by atoms with Crippen molar-refractivity contribution in [3.63, 3.8) is 0 Å². The molecule has 0 atom stereocenters. The van der Waals surface area contributed by atoms with Gasteiger partial charge in [-0.05, 0) is 6.42 Å². The Hall–Kier alpha value is -1.12. The zero-order valence-corrected chi connectivity index (χ0v) is 7.25. The predicted octanol–water partition coefficient (Wildman–Crippen LogP) is 1.78. The topological polar surface area (TPSA) is 54.4 Å². The monoisotopic (exact) mass is 170 g/mol. The van der Waals surface area contributed by atoms with E-state index in [9.17, 15) is 9.59 Å². The highest BCUT2D eigenvalue weighted by Crippen LogP contribution is 2.00. The number of hydrogen-bond acceptors (Lipinski definition) is 3. The first kappa shape index (κ1) is 10.9. The fourth-order valence-electron chi connectivity index (χ4n) is 0.819. The van der Waals surface area contributed by atoms with E-state index in [-0.39, 0.29) is 6.42 Å². The van der Waals surface area contributed by atoms with Gasteiger partial charge in [-0.1, -0.05) is 19.8 Å². The van der Waals surface area contributed by atoms with E-state index in [0.29, 0.717) is 6.26 Å². The van der Waals surface area contributed by atoms with Gasteiger partial charge >= 0.3 is 0 Å². The molecule has 12 heavy (non-hydrogen) atoms. The van der Waals surface area contributed by atoms with Crippen LogP contribution in [-0.4, -0.2) is 16.7 Å². The molecular formula is C9H14O3. The maximum atomic E-state index is 10.9. The Morgan fingerprint density at radius 3 is 2.50 bits per heavy atom. The Bertz CT molecular complexity index is 182. The molecule has 0 rings (SSSR count). The molecule has 0 heterocycles. The van der Waals surface area contributed by atoms with E-state index in [0.717, 1.165) is 25.3 Å². The average molecular weight is 170 g/mol. The molecule has 0 aromatic rings. The van der Waals surface area contributed by atoms with Gasteiger partial charge in [0.05, 0.1) is 6.26 Å².